The molecule has 0 aliphatic carbocycles. The van der Waals surface area contributed by atoms with Gasteiger partial charge >= 0.3 is 0 Å². The molecular formula is C4H9NO4. The number of nitro groups is 1. The maximum absolute atomic E-state index is 9.65. The zero-order chi connectivity index (χ0) is 7.28. The van der Waals surface area contributed by atoms with Crippen LogP contribution in [0.5, 0.6) is 0 Å². The Morgan fingerprint density at radius 1 is 1.67 bits per heavy atom. The van der Waals surface area contributed by atoms with Crippen LogP contribution in [0.25, 0.3) is 0 Å². The Balaban J connectivity index is 3.26. The molecule has 0 aromatic rings. The topological polar surface area (TPSA) is 83.6 Å². The van der Waals surface area contributed by atoms with Crippen molar-refractivity contribution in [1.29, 1.82) is 0 Å². The van der Waals surface area contributed by atoms with Crippen molar-refractivity contribution in [2.45, 2.75) is 12.5 Å². The molecule has 0 saturated heterocycles. The van der Waals surface area contributed by atoms with Gasteiger partial charge in [0.15, 0.2) is 0 Å². The maximum Gasteiger partial charge on any atom is 0.229 e. The van der Waals surface area contributed by atoms with Gasteiger partial charge in [-0.1, -0.05) is 0 Å². The van der Waals surface area contributed by atoms with Gasteiger partial charge in [-0.15, -0.1) is 0 Å². The predicted octanol–water partition coefficient (Wildman–Crippen LogP) is -0.994. The van der Waals surface area contributed by atoms with Gasteiger partial charge in [0.05, 0.1) is 0 Å². The molecule has 0 aliphatic heterocycles. The van der Waals surface area contributed by atoms with Crippen LogP contribution in [0.2, 0.25) is 0 Å². The molecular weight excluding hydrogens is 126 g/mol. The molecule has 0 heterocycles. The van der Waals surface area contributed by atoms with E-state index in [9.17, 15) is 10.1 Å². The third kappa shape index (κ3) is 5.19. The molecule has 0 bridgehead atoms. The molecule has 5 heteroatoms. The fourth-order valence-corrected chi connectivity index (χ4v) is 0.412. The van der Waals surface area contributed by atoms with E-state index in [-0.39, 0.29) is 13.0 Å². The highest BCUT2D eigenvalue weighted by Gasteiger charge is 2.08. The molecule has 0 fully saturated rings. The number of aliphatic hydroxyl groups excluding tert-OH is 2. The van der Waals surface area contributed by atoms with Gasteiger partial charge in [-0.05, 0) is 0 Å². The Morgan fingerprint density at radius 3 is 2.56 bits per heavy atom. The van der Waals surface area contributed by atoms with Crippen molar-refractivity contribution in [3.05, 3.63) is 10.1 Å². The van der Waals surface area contributed by atoms with Crippen molar-refractivity contribution < 1.29 is 15.1 Å². The number of rotatable bonds is 4. The average Bonchev–Trinajstić information content (AvgIpc) is 1.63. The maximum atomic E-state index is 9.65. The third-order valence-electron chi connectivity index (χ3n) is 0.822. The molecule has 9 heavy (non-hydrogen) atoms. The van der Waals surface area contributed by atoms with Crippen molar-refractivity contribution in [2.24, 2.45) is 0 Å². The van der Waals surface area contributed by atoms with E-state index >= 15 is 0 Å². The zero-order valence-electron chi connectivity index (χ0n) is 4.86. The molecule has 2 N–H and O–H groups in total. The Labute approximate surface area is 52.1 Å². The van der Waals surface area contributed by atoms with Gasteiger partial charge in [0, 0.05) is 18.0 Å². The Kier molecular flexibility index (Phi) is 3.90. The molecule has 54 valence electrons. The van der Waals surface area contributed by atoms with Crippen molar-refractivity contribution in [2.75, 3.05) is 13.2 Å². The van der Waals surface area contributed by atoms with Gasteiger partial charge in [-0.25, -0.2) is 0 Å². The first-order valence-electron chi connectivity index (χ1n) is 2.57. The minimum absolute atomic E-state index is 0.0704. The molecule has 1 atom stereocenters. The van der Waals surface area contributed by atoms with E-state index in [1.165, 1.54) is 0 Å². The molecule has 0 aliphatic rings. The van der Waals surface area contributed by atoms with Crippen LogP contribution in [0.15, 0.2) is 0 Å². The molecule has 5 nitrogen and oxygen atoms in total. The minimum atomic E-state index is -1.01. The summed E-state index contributed by atoms with van der Waals surface area (Å²) in [6.07, 6.45) is -0.939. The SMILES string of the molecule is O=[N+]([O-])CC(O)CCO. The summed E-state index contributed by atoms with van der Waals surface area (Å²) in [4.78, 5) is 9.04. The van der Waals surface area contributed by atoms with Gasteiger partial charge in [-0.2, -0.15) is 0 Å². The van der Waals surface area contributed by atoms with E-state index in [1.54, 1.807) is 0 Å². The van der Waals surface area contributed by atoms with Crippen LogP contribution in [0.1, 0.15) is 6.42 Å². The normalized spacial score (nSPS) is 13.1. The van der Waals surface area contributed by atoms with Crippen LogP contribution in [0.4, 0.5) is 0 Å². The summed E-state index contributed by atoms with van der Waals surface area (Å²) in [7, 11) is 0. The highest BCUT2D eigenvalue weighted by atomic mass is 16.6. The third-order valence-corrected chi connectivity index (χ3v) is 0.822. The number of aliphatic hydroxyl groups is 2. The second kappa shape index (κ2) is 4.22. The van der Waals surface area contributed by atoms with Crippen molar-refractivity contribution >= 4 is 0 Å². The van der Waals surface area contributed by atoms with Crippen LogP contribution in [-0.2, 0) is 0 Å². The number of hydrogen-bond acceptors (Lipinski definition) is 4. The van der Waals surface area contributed by atoms with E-state index in [4.69, 9.17) is 10.2 Å². The molecule has 0 saturated carbocycles. The van der Waals surface area contributed by atoms with E-state index in [2.05, 4.69) is 0 Å². The summed E-state index contributed by atoms with van der Waals surface area (Å²) in [5.74, 6) is 0. The molecule has 0 rings (SSSR count). The minimum Gasteiger partial charge on any atom is -0.396 e. The Morgan fingerprint density at radius 2 is 2.22 bits per heavy atom. The Bertz CT molecular complexity index is 94.6. The number of nitrogens with zero attached hydrogens (tertiary/aromatic N) is 1. The molecule has 0 aromatic heterocycles. The molecule has 0 spiro atoms. The van der Waals surface area contributed by atoms with Gasteiger partial charge in [0.25, 0.3) is 0 Å². The van der Waals surface area contributed by atoms with Crippen LogP contribution in [-0.4, -0.2) is 34.4 Å². The fraction of sp³-hybridized carbons (Fsp3) is 1.00. The lowest BCUT2D eigenvalue weighted by molar-refractivity contribution is -0.490. The molecule has 0 radical (unpaired) electrons. The smallest absolute Gasteiger partial charge is 0.229 e. The summed E-state index contributed by atoms with van der Waals surface area (Å²) >= 11 is 0. The van der Waals surface area contributed by atoms with Gasteiger partial charge in [-0.3, -0.25) is 10.1 Å². The van der Waals surface area contributed by atoms with Gasteiger partial charge in [0.2, 0.25) is 6.54 Å². The van der Waals surface area contributed by atoms with Crippen molar-refractivity contribution in [3.8, 4) is 0 Å². The summed E-state index contributed by atoms with van der Waals surface area (Å²) in [5, 5.41) is 26.4. The van der Waals surface area contributed by atoms with Crippen LogP contribution < -0.4 is 0 Å². The first kappa shape index (κ1) is 8.32. The lowest BCUT2D eigenvalue weighted by Crippen LogP contribution is -2.20. The lowest BCUT2D eigenvalue weighted by atomic mass is 10.3. The van der Waals surface area contributed by atoms with Crippen LogP contribution >= 0.6 is 0 Å². The monoisotopic (exact) mass is 135 g/mol. The first-order valence-corrected chi connectivity index (χ1v) is 2.57. The zero-order valence-corrected chi connectivity index (χ0v) is 4.86. The largest absolute Gasteiger partial charge is 0.396 e. The van der Waals surface area contributed by atoms with E-state index in [1.807, 2.05) is 0 Å². The molecule has 0 aromatic carbocycles. The van der Waals surface area contributed by atoms with E-state index < -0.39 is 17.6 Å². The molecule has 0 amide bonds. The first-order chi connectivity index (χ1) is 4.16. The summed E-state index contributed by atoms with van der Waals surface area (Å²) in [6.45, 7) is -0.699. The summed E-state index contributed by atoms with van der Waals surface area (Å²) in [6, 6.07) is 0. The highest BCUT2D eigenvalue weighted by Crippen LogP contribution is 1.88. The van der Waals surface area contributed by atoms with E-state index in [0.29, 0.717) is 0 Å². The van der Waals surface area contributed by atoms with Crippen LogP contribution in [0, 0.1) is 10.1 Å². The highest BCUT2D eigenvalue weighted by molar-refractivity contribution is 4.49. The second-order valence-electron chi connectivity index (χ2n) is 1.68. The van der Waals surface area contributed by atoms with Crippen molar-refractivity contribution in [3.63, 3.8) is 0 Å². The van der Waals surface area contributed by atoms with E-state index in [0.717, 1.165) is 0 Å². The quantitative estimate of drug-likeness (QED) is 0.383. The summed E-state index contributed by atoms with van der Waals surface area (Å²) < 4.78 is 0. The summed E-state index contributed by atoms with van der Waals surface area (Å²) in [5.41, 5.74) is 0. The van der Waals surface area contributed by atoms with Gasteiger partial charge in [0.1, 0.15) is 6.10 Å². The number of hydrogen-bond donors (Lipinski definition) is 2. The van der Waals surface area contributed by atoms with Crippen molar-refractivity contribution in [1.82, 2.24) is 0 Å². The predicted molar refractivity (Wildman–Crippen MR) is 29.6 cm³/mol. The van der Waals surface area contributed by atoms with Gasteiger partial charge < -0.3 is 10.2 Å². The average molecular weight is 135 g/mol. The lowest BCUT2D eigenvalue weighted by Gasteiger charge is -2.00. The Hall–Kier alpha value is -0.680. The second-order valence-corrected chi connectivity index (χ2v) is 1.68. The fourth-order valence-electron chi connectivity index (χ4n) is 0.412. The van der Waals surface area contributed by atoms with Crippen LogP contribution in [0.3, 0.4) is 0 Å². The standard InChI is InChI=1S/C4H9NO4/c6-2-1-4(7)3-5(8)9/h4,6-7H,1-3H2. The molecule has 1 unspecified atom stereocenters.